The Labute approximate surface area is 106 Å². The zero-order chi connectivity index (χ0) is 12.6. The molecule has 0 saturated heterocycles. The number of aliphatic imine (C=N–C) groups is 1. The van der Waals surface area contributed by atoms with Crippen LogP contribution in [-0.2, 0) is 0 Å². The van der Waals surface area contributed by atoms with E-state index in [4.69, 9.17) is 0 Å². The van der Waals surface area contributed by atoms with Gasteiger partial charge in [-0.1, -0.05) is 26.8 Å². The molecule has 0 amide bonds. The van der Waals surface area contributed by atoms with E-state index in [2.05, 4.69) is 45.0 Å². The zero-order valence-corrected chi connectivity index (χ0v) is 12.0. The fraction of sp³-hybridized carbons (Fsp3) is 0.643. The minimum Gasteiger partial charge on any atom is -0.252 e. The van der Waals surface area contributed by atoms with Crippen LogP contribution in [0, 0.1) is 5.92 Å². The normalized spacial score (nSPS) is 15.7. The van der Waals surface area contributed by atoms with E-state index < -0.39 is 0 Å². The molecule has 0 radical (unpaired) electrons. The van der Waals surface area contributed by atoms with Crippen LogP contribution in [0.5, 0.6) is 0 Å². The van der Waals surface area contributed by atoms with Crippen LogP contribution in [0.3, 0.4) is 0 Å². The summed E-state index contributed by atoms with van der Waals surface area (Å²) in [5.41, 5.74) is 2.68. The maximum absolute atomic E-state index is 4.57. The molecule has 0 aromatic heterocycles. The van der Waals surface area contributed by atoms with Crippen LogP contribution in [0.25, 0.3) is 0 Å². The number of rotatable bonds is 7. The average molecular weight is 239 g/mol. The molecule has 0 aliphatic carbocycles. The standard InChI is InChI=1S/C14H25NS/c1-6-9-10-14(15-12(5)16)13(8-3)11(4)7-2/h6,11H,1,7-10H2,2-5H3,(H,15,16)/b14-13-. The summed E-state index contributed by atoms with van der Waals surface area (Å²) in [6.45, 7) is 12.4. The highest BCUT2D eigenvalue weighted by atomic mass is 32.1. The van der Waals surface area contributed by atoms with Crippen LogP contribution in [0.4, 0.5) is 0 Å². The summed E-state index contributed by atoms with van der Waals surface area (Å²) < 4.78 is 0. The molecule has 0 rings (SSSR count). The molecule has 92 valence electrons. The van der Waals surface area contributed by atoms with E-state index in [1.807, 2.05) is 13.0 Å². The molecule has 0 aliphatic heterocycles. The highest BCUT2D eigenvalue weighted by Crippen LogP contribution is 2.25. The van der Waals surface area contributed by atoms with Crippen molar-refractivity contribution >= 4 is 17.7 Å². The first-order valence-corrected chi connectivity index (χ1v) is 6.58. The summed E-state index contributed by atoms with van der Waals surface area (Å²) in [5.74, 6) is 0.612. The monoisotopic (exact) mass is 239 g/mol. The second kappa shape index (κ2) is 8.63. The van der Waals surface area contributed by atoms with E-state index in [0.29, 0.717) is 5.92 Å². The first kappa shape index (κ1) is 15.5. The Hall–Kier alpha value is -0.500. The molecule has 0 saturated carbocycles. The summed E-state index contributed by atoms with van der Waals surface area (Å²) in [7, 11) is 0. The predicted molar refractivity (Wildman–Crippen MR) is 78.3 cm³/mol. The number of nitrogens with zero attached hydrogens (tertiary/aromatic N) is 1. The van der Waals surface area contributed by atoms with E-state index in [1.54, 1.807) is 0 Å². The van der Waals surface area contributed by atoms with E-state index in [1.165, 1.54) is 17.7 Å². The fourth-order valence-corrected chi connectivity index (χ4v) is 1.93. The van der Waals surface area contributed by atoms with Crippen LogP contribution in [0.1, 0.15) is 53.4 Å². The van der Waals surface area contributed by atoms with Gasteiger partial charge in [0, 0.05) is 5.70 Å². The molecule has 0 aliphatic rings. The molecule has 1 atom stereocenters. The van der Waals surface area contributed by atoms with Crippen molar-refractivity contribution < 1.29 is 0 Å². The van der Waals surface area contributed by atoms with Gasteiger partial charge in [-0.3, -0.25) is 4.99 Å². The molecule has 2 heteroatoms. The van der Waals surface area contributed by atoms with Crippen LogP contribution in [0.2, 0.25) is 0 Å². The number of hydrogen-bond acceptors (Lipinski definition) is 1. The number of thiol groups is 1. The zero-order valence-electron chi connectivity index (χ0n) is 11.1. The van der Waals surface area contributed by atoms with Gasteiger partial charge < -0.3 is 0 Å². The van der Waals surface area contributed by atoms with Crippen molar-refractivity contribution in [2.24, 2.45) is 10.9 Å². The van der Waals surface area contributed by atoms with Gasteiger partial charge in [0.1, 0.15) is 0 Å². The minimum atomic E-state index is 0.612. The quantitative estimate of drug-likeness (QED) is 0.277. The van der Waals surface area contributed by atoms with Gasteiger partial charge in [0.25, 0.3) is 0 Å². The molecular formula is C14H25NS. The van der Waals surface area contributed by atoms with Crippen molar-refractivity contribution in [2.75, 3.05) is 0 Å². The van der Waals surface area contributed by atoms with Crippen molar-refractivity contribution in [2.45, 2.75) is 53.4 Å². The third-order valence-corrected chi connectivity index (χ3v) is 2.94. The Morgan fingerprint density at radius 1 is 1.44 bits per heavy atom. The van der Waals surface area contributed by atoms with Gasteiger partial charge >= 0.3 is 0 Å². The maximum atomic E-state index is 4.57. The lowest BCUT2D eigenvalue weighted by Crippen LogP contribution is -2.01. The summed E-state index contributed by atoms with van der Waals surface area (Å²) >= 11 is 4.28. The SMILES string of the molecule is C=CCCC(/N=C(\C)S)=C(\CC)C(C)CC. The summed E-state index contributed by atoms with van der Waals surface area (Å²) in [5, 5.41) is 0.841. The van der Waals surface area contributed by atoms with Gasteiger partial charge in [-0.25, -0.2) is 0 Å². The Morgan fingerprint density at radius 2 is 2.06 bits per heavy atom. The molecule has 1 unspecified atom stereocenters. The molecule has 1 nitrogen and oxygen atoms in total. The Kier molecular flexibility index (Phi) is 8.36. The van der Waals surface area contributed by atoms with Crippen molar-refractivity contribution in [3.63, 3.8) is 0 Å². The smallest absolute Gasteiger partial charge is 0.0673 e. The Bertz CT molecular complexity index is 272. The van der Waals surface area contributed by atoms with Crippen molar-refractivity contribution in [3.05, 3.63) is 23.9 Å². The third kappa shape index (κ3) is 5.55. The predicted octanol–water partition coefficient (Wildman–Crippen LogP) is 5.01. The van der Waals surface area contributed by atoms with Crippen LogP contribution in [0.15, 0.2) is 28.9 Å². The summed E-state index contributed by atoms with van der Waals surface area (Å²) in [6.07, 6.45) is 6.16. The summed E-state index contributed by atoms with van der Waals surface area (Å²) in [4.78, 5) is 4.57. The second-order valence-corrected chi connectivity index (χ2v) is 4.77. The molecule has 0 heterocycles. The van der Waals surface area contributed by atoms with Crippen molar-refractivity contribution in [1.82, 2.24) is 0 Å². The molecule has 0 aromatic carbocycles. The van der Waals surface area contributed by atoms with Crippen LogP contribution in [-0.4, -0.2) is 5.04 Å². The molecule has 0 aromatic rings. The Morgan fingerprint density at radius 3 is 2.44 bits per heavy atom. The van der Waals surface area contributed by atoms with Gasteiger partial charge in [0.2, 0.25) is 0 Å². The van der Waals surface area contributed by atoms with Gasteiger partial charge in [-0.2, -0.15) is 0 Å². The van der Waals surface area contributed by atoms with E-state index >= 15 is 0 Å². The lowest BCUT2D eigenvalue weighted by molar-refractivity contribution is 0.618. The fourth-order valence-electron chi connectivity index (χ4n) is 1.81. The topological polar surface area (TPSA) is 12.4 Å². The minimum absolute atomic E-state index is 0.612. The van der Waals surface area contributed by atoms with Gasteiger partial charge in [0.15, 0.2) is 0 Å². The summed E-state index contributed by atoms with van der Waals surface area (Å²) in [6, 6.07) is 0. The first-order chi connectivity index (χ1) is 7.56. The van der Waals surface area contributed by atoms with Crippen LogP contribution < -0.4 is 0 Å². The molecule has 16 heavy (non-hydrogen) atoms. The van der Waals surface area contributed by atoms with E-state index in [9.17, 15) is 0 Å². The second-order valence-electron chi connectivity index (χ2n) is 4.12. The van der Waals surface area contributed by atoms with Crippen molar-refractivity contribution in [1.29, 1.82) is 0 Å². The highest BCUT2D eigenvalue weighted by Gasteiger charge is 2.10. The molecule has 0 fully saturated rings. The van der Waals surface area contributed by atoms with Crippen molar-refractivity contribution in [3.8, 4) is 0 Å². The largest absolute Gasteiger partial charge is 0.252 e. The Balaban J connectivity index is 5.11. The average Bonchev–Trinajstić information content (AvgIpc) is 2.25. The first-order valence-electron chi connectivity index (χ1n) is 6.13. The highest BCUT2D eigenvalue weighted by molar-refractivity contribution is 7.96. The van der Waals surface area contributed by atoms with E-state index in [0.717, 1.165) is 24.3 Å². The molecule has 0 N–H and O–H groups in total. The number of hydrogen-bond donors (Lipinski definition) is 1. The molecule has 0 spiro atoms. The molecule has 0 bridgehead atoms. The maximum Gasteiger partial charge on any atom is 0.0673 e. The lowest BCUT2D eigenvalue weighted by atomic mass is 9.93. The molecular weight excluding hydrogens is 214 g/mol. The van der Waals surface area contributed by atoms with Gasteiger partial charge in [0.05, 0.1) is 5.04 Å². The number of allylic oxidation sites excluding steroid dienone is 3. The van der Waals surface area contributed by atoms with Gasteiger partial charge in [-0.05, 0) is 44.1 Å². The van der Waals surface area contributed by atoms with Crippen LogP contribution >= 0.6 is 12.6 Å². The third-order valence-electron chi connectivity index (χ3n) is 2.84. The lowest BCUT2D eigenvalue weighted by Gasteiger charge is -2.16. The van der Waals surface area contributed by atoms with E-state index in [-0.39, 0.29) is 0 Å². The van der Waals surface area contributed by atoms with Gasteiger partial charge in [-0.15, -0.1) is 19.2 Å².